The van der Waals surface area contributed by atoms with E-state index in [1.165, 1.54) is 18.2 Å². The minimum Gasteiger partial charge on any atom is -0.493 e. The topological polar surface area (TPSA) is 111 Å². The summed E-state index contributed by atoms with van der Waals surface area (Å²) in [5.41, 5.74) is 5.44. The highest BCUT2D eigenvalue weighted by Gasteiger charge is 2.14. The molecule has 86 valence electrons. The maximum Gasteiger partial charge on any atom is 0.270 e. The molecule has 1 aromatic carbocycles. The van der Waals surface area contributed by atoms with Crippen molar-refractivity contribution < 1.29 is 14.9 Å². The number of nitrogens with two attached hydrogens (primary N) is 1. The van der Waals surface area contributed by atoms with Crippen LogP contribution < -0.4 is 10.5 Å². The van der Waals surface area contributed by atoms with E-state index in [9.17, 15) is 10.1 Å². The second kappa shape index (κ2) is 4.96. The number of hydrogen-bond acceptors (Lipinski definition) is 5. The number of nitro benzene ring substituents is 1. The molecule has 0 aliphatic carbocycles. The van der Waals surface area contributed by atoms with Gasteiger partial charge >= 0.3 is 0 Å². The van der Waals surface area contributed by atoms with Crippen LogP contribution in [0.3, 0.4) is 0 Å². The largest absolute Gasteiger partial charge is 0.493 e. The van der Waals surface area contributed by atoms with Gasteiger partial charge in [0, 0.05) is 12.1 Å². The fourth-order valence-electron chi connectivity index (χ4n) is 1.17. The number of amidine groups is 1. The number of ether oxygens (including phenoxy) is 1. The molecule has 7 nitrogen and oxygen atoms in total. The Labute approximate surface area is 91.3 Å². The van der Waals surface area contributed by atoms with Gasteiger partial charge in [-0.3, -0.25) is 10.1 Å². The molecule has 3 N–H and O–H groups in total. The quantitative estimate of drug-likeness (QED) is 0.262. The van der Waals surface area contributed by atoms with E-state index in [1.807, 2.05) is 0 Å². The Balaban J connectivity index is 3.26. The van der Waals surface area contributed by atoms with Gasteiger partial charge in [-0.1, -0.05) is 5.16 Å². The molecule has 0 aliphatic rings. The van der Waals surface area contributed by atoms with Crippen molar-refractivity contribution in [2.45, 2.75) is 6.92 Å². The van der Waals surface area contributed by atoms with Crippen LogP contribution in [0.15, 0.2) is 23.4 Å². The Hall–Kier alpha value is -2.31. The van der Waals surface area contributed by atoms with Gasteiger partial charge in [-0.15, -0.1) is 0 Å². The molecule has 0 radical (unpaired) electrons. The van der Waals surface area contributed by atoms with Gasteiger partial charge in [0.05, 0.1) is 17.1 Å². The normalized spacial score (nSPS) is 11.2. The number of benzene rings is 1. The van der Waals surface area contributed by atoms with Crippen molar-refractivity contribution in [3.63, 3.8) is 0 Å². The molecule has 0 bridgehead atoms. The molecular weight excluding hydrogens is 214 g/mol. The smallest absolute Gasteiger partial charge is 0.270 e. The fraction of sp³-hybridized carbons (Fsp3) is 0.222. The first kappa shape index (κ1) is 11.8. The van der Waals surface area contributed by atoms with Gasteiger partial charge in [0.2, 0.25) is 0 Å². The van der Waals surface area contributed by atoms with Crippen LogP contribution in [-0.4, -0.2) is 22.6 Å². The molecule has 7 heteroatoms. The third-order valence-electron chi connectivity index (χ3n) is 1.86. The third kappa shape index (κ3) is 2.38. The summed E-state index contributed by atoms with van der Waals surface area (Å²) in [5, 5.41) is 21.9. The number of hydrogen-bond donors (Lipinski definition) is 2. The number of nitro groups is 1. The molecule has 0 spiro atoms. The average Bonchev–Trinajstić information content (AvgIpc) is 2.28. The monoisotopic (exact) mass is 225 g/mol. The summed E-state index contributed by atoms with van der Waals surface area (Å²) in [6.45, 7) is 2.14. The molecular formula is C9H11N3O4. The third-order valence-corrected chi connectivity index (χ3v) is 1.86. The number of nitrogens with zero attached hydrogens (tertiary/aromatic N) is 2. The van der Waals surface area contributed by atoms with Crippen molar-refractivity contribution in [3.05, 3.63) is 33.9 Å². The van der Waals surface area contributed by atoms with Crippen molar-refractivity contribution in [1.29, 1.82) is 0 Å². The Morgan fingerprint density at radius 1 is 1.69 bits per heavy atom. The molecule has 0 atom stereocenters. The number of oxime groups is 1. The lowest BCUT2D eigenvalue weighted by Crippen LogP contribution is -2.15. The van der Waals surface area contributed by atoms with Crippen molar-refractivity contribution in [2.75, 3.05) is 6.61 Å². The molecule has 0 unspecified atom stereocenters. The minimum absolute atomic E-state index is 0.148. The van der Waals surface area contributed by atoms with E-state index in [0.29, 0.717) is 12.4 Å². The predicted molar refractivity (Wildman–Crippen MR) is 56.8 cm³/mol. The van der Waals surface area contributed by atoms with Crippen molar-refractivity contribution in [2.24, 2.45) is 10.9 Å². The lowest BCUT2D eigenvalue weighted by molar-refractivity contribution is -0.384. The number of non-ortho nitro benzene ring substituents is 1. The molecule has 0 heterocycles. The van der Waals surface area contributed by atoms with Gasteiger partial charge in [-0.25, -0.2) is 0 Å². The molecule has 16 heavy (non-hydrogen) atoms. The summed E-state index contributed by atoms with van der Waals surface area (Å²) in [5.74, 6) is 0.107. The Morgan fingerprint density at radius 3 is 2.88 bits per heavy atom. The Kier molecular flexibility index (Phi) is 3.65. The first-order valence-electron chi connectivity index (χ1n) is 4.49. The molecule has 1 aromatic rings. The zero-order valence-corrected chi connectivity index (χ0v) is 8.58. The second-order valence-corrected chi connectivity index (χ2v) is 2.86. The van der Waals surface area contributed by atoms with Crippen LogP contribution in [0.2, 0.25) is 0 Å². The van der Waals surface area contributed by atoms with Crippen molar-refractivity contribution in [1.82, 2.24) is 0 Å². The van der Waals surface area contributed by atoms with Gasteiger partial charge in [-0.2, -0.15) is 0 Å². The van der Waals surface area contributed by atoms with E-state index >= 15 is 0 Å². The lowest BCUT2D eigenvalue weighted by atomic mass is 10.1. The van der Waals surface area contributed by atoms with Crippen LogP contribution in [0.25, 0.3) is 0 Å². The summed E-state index contributed by atoms with van der Waals surface area (Å²) >= 11 is 0. The predicted octanol–water partition coefficient (Wildman–Crippen LogP) is 1.09. The Morgan fingerprint density at radius 2 is 2.38 bits per heavy atom. The van der Waals surface area contributed by atoms with Crippen LogP contribution in [0.1, 0.15) is 12.5 Å². The molecule has 1 rings (SSSR count). The highest BCUT2D eigenvalue weighted by molar-refractivity contribution is 6.00. The van der Waals surface area contributed by atoms with Crippen LogP contribution in [0, 0.1) is 10.1 Å². The SMILES string of the molecule is CCOc1ccc([N+](=O)[O-])cc1C(N)=NO. The summed E-state index contributed by atoms with van der Waals surface area (Å²) < 4.78 is 5.20. The zero-order valence-electron chi connectivity index (χ0n) is 8.58. The summed E-state index contributed by atoms with van der Waals surface area (Å²) in [6.07, 6.45) is 0. The second-order valence-electron chi connectivity index (χ2n) is 2.86. The van der Waals surface area contributed by atoms with Gasteiger partial charge in [0.15, 0.2) is 5.84 Å². The van der Waals surface area contributed by atoms with Gasteiger partial charge in [0.25, 0.3) is 5.69 Å². The molecule has 0 saturated heterocycles. The maximum absolute atomic E-state index is 10.6. The van der Waals surface area contributed by atoms with Crippen LogP contribution >= 0.6 is 0 Å². The highest BCUT2D eigenvalue weighted by Crippen LogP contribution is 2.23. The first-order chi connectivity index (χ1) is 7.60. The van der Waals surface area contributed by atoms with E-state index in [0.717, 1.165) is 0 Å². The van der Waals surface area contributed by atoms with E-state index in [4.69, 9.17) is 15.7 Å². The van der Waals surface area contributed by atoms with Crippen LogP contribution in [0.4, 0.5) is 5.69 Å². The lowest BCUT2D eigenvalue weighted by Gasteiger charge is -2.08. The minimum atomic E-state index is -0.566. The fourth-order valence-corrected chi connectivity index (χ4v) is 1.17. The molecule has 0 amide bonds. The van der Waals surface area contributed by atoms with Crippen LogP contribution in [0.5, 0.6) is 5.75 Å². The van der Waals surface area contributed by atoms with Gasteiger partial charge < -0.3 is 15.7 Å². The highest BCUT2D eigenvalue weighted by atomic mass is 16.6. The maximum atomic E-state index is 10.6. The zero-order chi connectivity index (χ0) is 12.1. The number of rotatable bonds is 4. The first-order valence-corrected chi connectivity index (χ1v) is 4.49. The summed E-state index contributed by atoms with van der Waals surface area (Å²) in [6, 6.07) is 3.90. The summed E-state index contributed by atoms with van der Waals surface area (Å²) in [7, 11) is 0. The van der Waals surface area contributed by atoms with Gasteiger partial charge in [-0.05, 0) is 13.0 Å². The van der Waals surface area contributed by atoms with E-state index < -0.39 is 4.92 Å². The van der Waals surface area contributed by atoms with E-state index in [-0.39, 0.29) is 17.1 Å². The average molecular weight is 225 g/mol. The van der Waals surface area contributed by atoms with E-state index in [1.54, 1.807) is 6.92 Å². The van der Waals surface area contributed by atoms with Crippen LogP contribution in [-0.2, 0) is 0 Å². The molecule has 0 aromatic heterocycles. The molecule has 0 fully saturated rings. The molecule has 0 aliphatic heterocycles. The van der Waals surface area contributed by atoms with Gasteiger partial charge in [0.1, 0.15) is 5.75 Å². The van der Waals surface area contributed by atoms with Crippen molar-refractivity contribution in [3.8, 4) is 5.75 Å². The standard InChI is InChI=1S/C9H11N3O4/c1-2-16-8-4-3-6(12(14)15)5-7(8)9(10)11-13/h3-5,13H,2H2,1H3,(H2,10,11). The molecule has 0 saturated carbocycles. The van der Waals surface area contributed by atoms with Crippen molar-refractivity contribution >= 4 is 11.5 Å². The Bertz CT molecular complexity index is 431. The summed E-state index contributed by atoms with van der Waals surface area (Å²) in [4.78, 5) is 9.99. The van der Waals surface area contributed by atoms with E-state index in [2.05, 4.69) is 5.16 Å².